The highest BCUT2D eigenvalue weighted by molar-refractivity contribution is 5.35. The van der Waals surface area contributed by atoms with E-state index in [1.165, 1.54) is 0 Å². The molecule has 0 radical (unpaired) electrons. The molecule has 96 valence electrons. The van der Waals surface area contributed by atoms with Crippen LogP contribution in [0.5, 0.6) is 5.75 Å². The van der Waals surface area contributed by atoms with Gasteiger partial charge >= 0.3 is 0 Å². The van der Waals surface area contributed by atoms with Crippen molar-refractivity contribution in [2.75, 3.05) is 27.3 Å². The molecule has 3 N–H and O–H groups in total. The maximum absolute atomic E-state index is 8.96. The molecule has 0 fully saturated rings. The van der Waals surface area contributed by atoms with E-state index in [-0.39, 0.29) is 18.7 Å². The van der Waals surface area contributed by atoms with E-state index in [0.29, 0.717) is 6.54 Å². The third-order valence-corrected chi connectivity index (χ3v) is 3.01. The molecule has 0 saturated carbocycles. The van der Waals surface area contributed by atoms with Crippen molar-refractivity contribution in [2.24, 2.45) is 5.73 Å². The Morgan fingerprint density at radius 1 is 1.41 bits per heavy atom. The lowest BCUT2D eigenvalue weighted by Gasteiger charge is -2.28. The zero-order chi connectivity index (χ0) is 12.8. The molecular formula is C13H22N2O2. The van der Waals surface area contributed by atoms with Crippen molar-refractivity contribution in [2.45, 2.75) is 19.0 Å². The Balaban J connectivity index is 2.77. The largest absolute Gasteiger partial charge is 0.496 e. The first-order valence-corrected chi connectivity index (χ1v) is 5.79. The zero-order valence-corrected chi connectivity index (χ0v) is 10.8. The van der Waals surface area contributed by atoms with Crippen LogP contribution < -0.4 is 10.5 Å². The molecule has 0 aliphatic heterocycles. The Bertz CT molecular complexity index is 344. The summed E-state index contributed by atoms with van der Waals surface area (Å²) in [6.45, 7) is 2.75. The second kappa shape index (κ2) is 6.59. The summed E-state index contributed by atoms with van der Waals surface area (Å²) >= 11 is 0. The van der Waals surface area contributed by atoms with Crippen molar-refractivity contribution in [1.82, 2.24) is 4.90 Å². The first-order chi connectivity index (χ1) is 8.10. The molecule has 1 aromatic rings. The average Bonchev–Trinajstić information content (AvgIpc) is 2.37. The number of hydrogen-bond donors (Lipinski definition) is 2. The number of methoxy groups -OCH3 is 1. The van der Waals surface area contributed by atoms with Crippen LogP contribution in [0.1, 0.15) is 18.5 Å². The molecule has 0 bridgehead atoms. The average molecular weight is 238 g/mol. The predicted molar refractivity (Wildman–Crippen MR) is 69.1 cm³/mol. The van der Waals surface area contributed by atoms with Crippen LogP contribution in [0.15, 0.2) is 24.3 Å². The van der Waals surface area contributed by atoms with Crippen LogP contribution in [0, 0.1) is 0 Å². The SMILES string of the molecule is COc1ccccc1[C@H](C)N(C)C[C@H](N)CO. The van der Waals surface area contributed by atoms with E-state index >= 15 is 0 Å². The summed E-state index contributed by atoms with van der Waals surface area (Å²) in [6, 6.07) is 7.93. The molecule has 4 heteroatoms. The van der Waals surface area contributed by atoms with Crippen LogP contribution in [-0.2, 0) is 0 Å². The van der Waals surface area contributed by atoms with Crippen LogP contribution >= 0.6 is 0 Å². The number of ether oxygens (including phenoxy) is 1. The van der Waals surface area contributed by atoms with Crippen molar-refractivity contribution >= 4 is 0 Å². The summed E-state index contributed by atoms with van der Waals surface area (Å²) < 4.78 is 5.34. The van der Waals surface area contributed by atoms with Gasteiger partial charge in [0.25, 0.3) is 0 Å². The molecule has 4 nitrogen and oxygen atoms in total. The smallest absolute Gasteiger partial charge is 0.123 e. The minimum absolute atomic E-state index is 0.00296. The molecule has 0 saturated heterocycles. The van der Waals surface area contributed by atoms with Gasteiger partial charge in [0, 0.05) is 24.2 Å². The lowest BCUT2D eigenvalue weighted by Crippen LogP contribution is -2.39. The number of rotatable bonds is 6. The highest BCUT2D eigenvalue weighted by Gasteiger charge is 2.17. The molecular weight excluding hydrogens is 216 g/mol. The van der Waals surface area contributed by atoms with E-state index < -0.39 is 0 Å². The molecule has 0 aliphatic carbocycles. The topological polar surface area (TPSA) is 58.7 Å². The Labute approximate surface area is 103 Å². The highest BCUT2D eigenvalue weighted by atomic mass is 16.5. The number of benzene rings is 1. The molecule has 0 unspecified atom stereocenters. The van der Waals surface area contributed by atoms with E-state index in [2.05, 4.69) is 11.8 Å². The van der Waals surface area contributed by atoms with Crippen LogP contribution in [0.25, 0.3) is 0 Å². The Hall–Kier alpha value is -1.10. The first-order valence-electron chi connectivity index (χ1n) is 5.79. The van der Waals surface area contributed by atoms with Crippen molar-refractivity contribution < 1.29 is 9.84 Å². The number of para-hydroxylation sites is 1. The Morgan fingerprint density at radius 3 is 2.65 bits per heavy atom. The van der Waals surface area contributed by atoms with E-state index in [9.17, 15) is 0 Å². The molecule has 2 atom stereocenters. The normalized spacial score (nSPS) is 14.7. The van der Waals surface area contributed by atoms with Gasteiger partial charge in [-0.3, -0.25) is 4.90 Å². The van der Waals surface area contributed by atoms with Crippen LogP contribution in [-0.4, -0.2) is 43.4 Å². The quantitative estimate of drug-likeness (QED) is 0.776. The summed E-state index contributed by atoms with van der Waals surface area (Å²) in [6.07, 6.45) is 0. The summed E-state index contributed by atoms with van der Waals surface area (Å²) in [7, 11) is 3.66. The molecule has 1 aromatic carbocycles. The second-order valence-electron chi connectivity index (χ2n) is 4.30. The summed E-state index contributed by atoms with van der Waals surface area (Å²) in [5, 5.41) is 8.96. The van der Waals surface area contributed by atoms with Gasteiger partial charge < -0.3 is 15.6 Å². The number of hydrogen-bond acceptors (Lipinski definition) is 4. The van der Waals surface area contributed by atoms with Gasteiger partial charge in [0.1, 0.15) is 5.75 Å². The van der Waals surface area contributed by atoms with E-state index in [4.69, 9.17) is 15.6 Å². The summed E-state index contributed by atoms with van der Waals surface area (Å²) in [4.78, 5) is 2.11. The molecule has 0 spiro atoms. The van der Waals surface area contributed by atoms with Crippen molar-refractivity contribution in [1.29, 1.82) is 0 Å². The second-order valence-corrected chi connectivity index (χ2v) is 4.30. The standard InChI is InChI=1S/C13H22N2O2/c1-10(15(2)8-11(14)9-16)12-6-4-5-7-13(12)17-3/h4-7,10-11,16H,8-9,14H2,1-3H3/t10-,11-/m0/s1. The van der Waals surface area contributed by atoms with Gasteiger partial charge in [0.2, 0.25) is 0 Å². The van der Waals surface area contributed by atoms with Crippen molar-refractivity contribution in [3.8, 4) is 5.75 Å². The Morgan fingerprint density at radius 2 is 2.06 bits per heavy atom. The van der Waals surface area contributed by atoms with E-state index in [0.717, 1.165) is 11.3 Å². The monoisotopic (exact) mass is 238 g/mol. The zero-order valence-electron chi connectivity index (χ0n) is 10.8. The minimum atomic E-state index is -0.211. The molecule has 1 rings (SSSR count). The predicted octanol–water partition coefficient (Wildman–Crippen LogP) is 1.01. The third kappa shape index (κ3) is 3.70. The lowest BCUT2D eigenvalue weighted by molar-refractivity contribution is 0.193. The highest BCUT2D eigenvalue weighted by Crippen LogP contribution is 2.27. The van der Waals surface area contributed by atoms with Crippen LogP contribution in [0.3, 0.4) is 0 Å². The molecule has 0 aliphatic rings. The fourth-order valence-corrected chi connectivity index (χ4v) is 1.83. The van der Waals surface area contributed by atoms with Crippen molar-refractivity contribution in [3.05, 3.63) is 29.8 Å². The number of aliphatic hydroxyl groups excluding tert-OH is 1. The van der Waals surface area contributed by atoms with Gasteiger partial charge in [-0.05, 0) is 20.0 Å². The summed E-state index contributed by atoms with van der Waals surface area (Å²) in [5.74, 6) is 0.879. The van der Waals surface area contributed by atoms with Gasteiger partial charge in [0.15, 0.2) is 0 Å². The molecule has 17 heavy (non-hydrogen) atoms. The number of nitrogens with two attached hydrogens (primary N) is 1. The van der Waals surface area contributed by atoms with Gasteiger partial charge in [-0.2, -0.15) is 0 Å². The lowest BCUT2D eigenvalue weighted by atomic mass is 10.1. The minimum Gasteiger partial charge on any atom is -0.496 e. The third-order valence-electron chi connectivity index (χ3n) is 3.01. The van der Waals surface area contributed by atoms with Gasteiger partial charge in [-0.25, -0.2) is 0 Å². The molecule has 0 amide bonds. The van der Waals surface area contributed by atoms with E-state index in [1.54, 1.807) is 7.11 Å². The number of nitrogens with zero attached hydrogens (tertiary/aromatic N) is 1. The molecule has 0 aromatic heterocycles. The van der Waals surface area contributed by atoms with E-state index in [1.807, 2.05) is 31.3 Å². The van der Waals surface area contributed by atoms with Crippen LogP contribution in [0.2, 0.25) is 0 Å². The maximum atomic E-state index is 8.96. The maximum Gasteiger partial charge on any atom is 0.123 e. The van der Waals surface area contributed by atoms with Gasteiger partial charge in [0.05, 0.1) is 13.7 Å². The van der Waals surface area contributed by atoms with Crippen LogP contribution in [0.4, 0.5) is 0 Å². The fraction of sp³-hybridized carbons (Fsp3) is 0.538. The Kier molecular flexibility index (Phi) is 5.41. The number of aliphatic hydroxyl groups is 1. The van der Waals surface area contributed by atoms with Gasteiger partial charge in [-0.15, -0.1) is 0 Å². The first kappa shape index (κ1) is 14.0. The summed E-state index contributed by atoms with van der Waals surface area (Å²) in [5.41, 5.74) is 6.86. The fourth-order valence-electron chi connectivity index (χ4n) is 1.83. The van der Waals surface area contributed by atoms with Crippen molar-refractivity contribution in [3.63, 3.8) is 0 Å². The molecule has 0 heterocycles. The number of likely N-dealkylation sites (N-methyl/N-ethyl adjacent to an activating group) is 1. The van der Waals surface area contributed by atoms with Gasteiger partial charge in [-0.1, -0.05) is 18.2 Å².